The molecule has 0 heterocycles. The predicted molar refractivity (Wildman–Crippen MR) is 68.9 cm³/mol. The van der Waals surface area contributed by atoms with Crippen LogP contribution < -0.4 is 5.32 Å². The lowest BCUT2D eigenvalue weighted by atomic mass is 9.95. The summed E-state index contributed by atoms with van der Waals surface area (Å²) in [5.74, 6) is 0.134. The summed E-state index contributed by atoms with van der Waals surface area (Å²) >= 11 is 0. The van der Waals surface area contributed by atoms with E-state index in [1.165, 1.54) is 0 Å². The van der Waals surface area contributed by atoms with Gasteiger partial charge in [0.25, 0.3) is 0 Å². The molecule has 0 unspecified atom stereocenters. The molecule has 2 N–H and O–H groups in total. The molecule has 0 spiro atoms. The summed E-state index contributed by atoms with van der Waals surface area (Å²) in [6.45, 7) is 6.16. The Morgan fingerprint density at radius 3 is 2.41 bits per heavy atom. The second-order valence-electron chi connectivity index (χ2n) is 4.62. The van der Waals surface area contributed by atoms with Gasteiger partial charge in [-0.3, -0.25) is 4.79 Å². The maximum atomic E-state index is 11.9. The van der Waals surface area contributed by atoms with E-state index in [4.69, 9.17) is 0 Å². The fourth-order valence-electron chi connectivity index (χ4n) is 1.64. The van der Waals surface area contributed by atoms with Crippen LogP contribution in [-0.2, 0) is 11.2 Å². The van der Waals surface area contributed by atoms with E-state index in [9.17, 15) is 9.90 Å². The second kappa shape index (κ2) is 5.71. The fourth-order valence-corrected chi connectivity index (χ4v) is 1.64. The molecule has 0 aliphatic heterocycles. The highest BCUT2D eigenvalue weighted by Crippen LogP contribution is 2.18. The van der Waals surface area contributed by atoms with Crippen LogP contribution in [0.25, 0.3) is 0 Å². The number of benzene rings is 1. The monoisotopic (exact) mass is 235 g/mol. The molecule has 0 aliphatic carbocycles. The highest BCUT2D eigenvalue weighted by atomic mass is 16.3. The first kappa shape index (κ1) is 13.6. The first-order valence-electron chi connectivity index (χ1n) is 6.08. The fraction of sp³-hybridized carbons (Fsp3) is 0.500. The molecule has 0 radical (unpaired) electrons. The molecule has 94 valence electrons. The van der Waals surface area contributed by atoms with Gasteiger partial charge in [0.1, 0.15) is 5.75 Å². The Balaban J connectivity index is 2.65. The average Bonchev–Trinajstić information content (AvgIpc) is 2.32. The van der Waals surface area contributed by atoms with Crippen LogP contribution in [-0.4, -0.2) is 16.6 Å². The van der Waals surface area contributed by atoms with Crippen molar-refractivity contribution in [2.24, 2.45) is 0 Å². The smallest absolute Gasteiger partial charge is 0.224 e. The molecule has 0 fully saturated rings. The zero-order chi connectivity index (χ0) is 12.9. The number of aromatic hydroxyl groups is 1. The van der Waals surface area contributed by atoms with Crippen LogP contribution in [0.2, 0.25) is 0 Å². The number of phenols is 1. The maximum Gasteiger partial charge on any atom is 0.224 e. The molecular formula is C14H21NO2. The lowest BCUT2D eigenvalue weighted by molar-refractivity contribution is -0.122. The van der Waals surface area contributed by atoms with E-state index in [-0.39, 0.29) is 23.6 Å². The van der Waals surface area contributed by atoms with Gasteiger partial charge in [-0.1, -0.05) is 32.0 Å². The van der Waals surface area contributed by atoms with Crippen LogP contribution in [0.1, 0.15) is 39.2 Å². The molecule has 0 atom stereocenters. The van der Waals surface area contributed by atoms with Crippen molar-refractivity contribution in [3.8, 4) is 5.75 Å². The quantitative estimate of drug-likeness (QED) is 0.824. The third kappa shape index (κ3) is 3.77. The largest absolute Gasteiger partial charge is 0.508 e. The van der Waals surface area contributed by atoms with Crippen LogP contribution >= 0.6 is 0 Å². The van der Waals surface area contributed by atoms with Gasteiger partial charge in [0.05, 0.1) is 6.42 Å². The van der Waals surface area contributed by atoms with Crippen LogP contribution in [0, 0.1) is 0 Å². The number of carbonyl (C=O) groups excluding carboxylic acids is 1. The van der Waals surface area contributed by atoms with Gasteiger partial charge >= 0.3 is 0 Å². The Morgan fingerprint density at radius 1 is 1.29 bits per heavy atom. The topological polar surface area (TPSA) is 49.3 Å². The normalized spacial score (nSPS) is 11.2. The standard InChI is InChI=1S/C14H21NO2/c1-4-14(3,5-2)15-13(17)10-11-8-6-7-9-12(11)16/h6-9,16H,4-5,10H2,1-3H3,(H,15,17). The number of hydrogen-bond acceptors (Lipinski definition) is 2. The molecule has 0 aliphatic rings. The van der Waals surface area contributed by atoms with Gasteiger partial charge in [-0.05, 0) is 25.8 Å². The third-order valence-electron chi connectivity index (χ3n) is 3.34. The van der Waals surface area contributed by atoms with Crippen molar-refractivity contribution in [3.63, 3.8) is 0 Å². The van der Waals surface area contributed by atoms with Crippen LogP contribution in [0.4, 0.5) is 0 Å². The van der Waals surface area contributed by atoms with Crippen LogP contribution in [0.15, 0.2) is 24.3 Å². The Labute approximate surface area is 103 Å². The number of carbonyl (C=O) groups is 1. The Kier molecular flexibility index (Phi) is 4.55. The average molecular weight is 235 g/mol. The lowest BCUT2D eigenvalue weighted by Crippen LogP contribution is -2.45. The van der Waals surface area contributed by atoms with Gasteiger partial charge in [-0.15, -0.1) is 0 Å². The summed E-state index contributed by atoms with van der Waals surface area (Å²) in [7, 11) is 0. The number of nitrogens with one attached hydrogen (secondary N) is 1. The Bertz CT molecular complexity index is 384. The molecule has 1 aromatic rings. The zero-order valence-corrected chi connectivity index (χ0v) is 10.8. The van der Waals surface area contributed by atoms with Gasteiger partial charge in [0.15, 0.2) is 0 Å². The summed E-state index contributed by atoms with van der Waals surface area (Å²) in [5.41, 5.74) is 0.515. The van der Waals surface area contributed by atoms with E-state index in [1.54, 1.807) is 18.2 Å². The van der Waals surface area contributed by atoms with E-state index >= 15 is 0 Å². The molecular weight excluding hydrogens is 214 g/mol. The van der Waals surface area contributed by atoms with Gasteiger partial charge in [-0.2, -0.15) is 0 Å². The molecule has 0 bridgehead atoms. The van der Waals surface area contributed by atoms with E-state index in [0.717, 1.165) is 12.8 Å². The summed E-state index contributed by atoms with van der Waals surface area (Å²) < 4.78 is 0. The molecule has 17 heavy (non-hydrogen) atoms. The van der Waals surface area contributed by atoms with Crippen LogP contribution in [0.3, 0.4) is 0 Å². The minimum Gasteiger partial charge on any atom is -0.508 e. The Morgan fingerprint density at radius 2 is 1.88 bits per heavy atom. The van der Waals surface area contributed by atoms with Gasteiger partial charge in [-0.25, -0.2) is 0 Å². The van der Waals surface area contributed by atoms with E-state index < -0.39 is 0 Å². The Hall–Kier alpha value is -1.51. The SMILES string of the molecule is CCC(C)(CC)NC(=O)Cc1ccccc1O. The summed E-state index contributed by atoms with van der Waals surface area (Å²) in [5, 5.41) is 12.6. The highest BCUT2D eigenvalue weighted by molar-refractivity contribution is 5.80. The van der Waals surface area contributed by atoms with E-state index in [0.29, 0.717) is 5.56 Å². The van der Waals surface area contributed by atoms with Crippen molar-refractivity contribution in [2.45, 2.75) is 45.6 Å². The highest BCUT2D eigenvalue weighted by Gasteiger charge is 2.22. The number of phenolic OH excluding ortho intramolecular Hbond substituents is 1. The predicted octanol–water partition coefficient (Wildman–Crippen LogP) is 2.63. The number of amides is 1. The van der Waals surface area contributed by atoms with Crippen molar-refractivity contribution in [1.82, 2.24) is 5.32 Å². The van der Waals surface area contributed by atoms with Crippen molar-refractivity contribution in [2.75, 3.05) is 0 Å². The molecule has 1 aromatic carbocycles. The summed E-state index contributed by atoms with van der Waals surface area (Å²) in [6.07, 6.45) is 2.02. The second-order valence-corrected chi connectivity index (χ2v) is 4.62. The van der Waals surface area contributed by atoms with Gasteiger partial charge in [0, 0.05) is 11.1 Å². The van der Waals surface area contributed by atoms with Crippen LogP contribution in [0.5, 0.6) is 5.75 Å². The maximum absolute atomic E-state index is 11.9. The van der Waals surface area contributed by atoms with Gasteiger partial charge < -0.3 is 10.4 Å². The lowest BCUT2D eigenvalue weighted by Gasteiger charge is -2.28. The summed E-state index contributed by atoms with van der Waals surface area (Å²) in [6, 6.07) is 6.94. The minimum atomic E-state index is -0.151. The first-order valence-corrected chi connectivity index (χ1v) is 6.08. The summed E-state index contributed by atoms with van der Waals surface area (Å²) in [4.78, 5) is 11.9. The van der Waals surface area contributed by atoms with E-state index in [2.05, 4.69) is 19.2 Å². The number of rotatable bonds is 5. The van der Waals surface area contributed by atoms with Crippen molar-refractivity contribution >= 4 is 5.91 Å². The minimum absolute atomic E-state index is 0.0438. The van der Waals surface area contributed by atoms with Gasteiger partial charge in [0.2, 0.25) is 5.91 Å². The first-order chi connectivity index (χ1) is 8.00. The molecule has 0 saturated heterocycles. The molecule has 3 nitrogen and oxygen atoms in total. The van der Waals surface area contributed by atoms with Crippen molar-refractivity contribution in [1.29, 1.82) is 0 Å². The van der Waals surface area contributed by atoms with Crippen molar-refractivity contribution in [3.05, 3.63) is 29.8 Å². The van der Waals surface area contributed by atoms with E-state index in [1.807, 2.05) is 13.0 Å². The van der Waals surface area contributed by atoms with Crippen molar-refractivity contribution < 1.29 is 9.90 Å². The number of hydrogen-bond donors (Lipinski definition) is 2. The molecule has 1 rings (SSSR count). The number of para-hydroxylation sites is 1. The molecule has 3 heteroatoms. The zero-order valence-electron chi connectivity index (χ0n) is 10.8. The third-order valence-corrected chi connectivity index (χ3v) is 3.34. The molecule has 0 aromatic heterocycles. The molecule has 1 amide bonds. The molecule has 0 saturated carbocycles.